The van der Waals surface area contributed by atoms with Crippen LogP contribution in [-0.2, 0) is 14.3 Å². The highest BCUT2D eigenvalue weighted by Gasteiger charge is 2.25. The van der Waals surface area contributed by atoms with E-state index in [9.17, 15) is 9.59 Å². The van der Waals surface area contributed by atoms with Gasteiger partial charge in [-0.2, -0.15) is 0 Å². The van der Waals surface area contributed by atoms with Gasteiger partial charge in [-0.25, -0.2) is 0 Å². The van der Waals surface area contributed by atoms with E-state index >= 15 is 0 Å². The highest BCUT2D eigenvalue weighted by atomic mass is 16.5. The van der Waals surface area contributed by atoms with Crippen LogP contribution >= 0.6 is 0 Å². The third-order valence-electron chi connectivity index (χ3n) is 2.23. The van der Waals surface area contributed by atoms with Crippen molar-refractivity contribution in [1.82, 2.24) is 5.32 Å². The first-order valence-corrected chi connectivity index (χ1v) is 4.53. The van der Waals surface area contributed by atoms with Gasteiger partial charge in [0, 0.05) is 5.54 Å². The van der Waals surface area contributed by atoms with E-state index in [0.717, 1.165) is 6.42 Å². The lowest BCUT2D eigenvalue weighted by atomic mass is 9.94. The summed E-state index contributed by atoms with van der Waals surface area (Å²) < 4.78 is 4.56. The summed E-state index contributed by atoms with van der Waals surface area (Å²) in [7, 11) is 1.34. The molecule has 0 spiro atoms. The van der Waals surface area contributed by atoms with E-state index in [0.29, 0.717) is 0 Å². The quantitative estimate of drug-likeness (QED) is 0.584. The van der Waals surface area contributed by atoms with Crippen molar-refractivity contribution in [3.63, 3.8) is 0 Å². The Balaban J connectivity index is 4.17. The molecule has 0 aliphatic carbocycles. The molecule has 0 aromatic rings. The average molecular weight is 202 g/mol. The molecule has 0 unspecified atom stereocenters. The number of carbonyl (C=O) groups is 2. The minimum absolute atomic E-state index is 0.0708. The van der Waals surface area contributed by atoms with Gasteiger partial charge in [0.15, 0.2) is 0 Å². The number of ether oxygens (including phenoxy) is 1. The van der Waals surface area contributed by atoms with Crippen LogP contribution in [0, 0.1) is 0 Å². The van der Waals surface area contributed by atoms with Crippen molar-refractivity contribution >= 4 is 11.9 Å². The number of primary amides is 1. The second-order valence-corrected chi connectivity index (χ2v) is 3.49. The summed E-state index contributed by atoms with van der Waals surface area (Å²) in [5.41, 5.74) is 4.57. The number of hydrogen-bond donors (Lipinski definition) is 2. The number of rotatable bonds is 6. The molecule has 3 N–H and O–H groups in total. The smallest absolute Gasteiger partial charge is 0.307 e. The molecule has 0 rings (SSSR count). The van der Waals surface area contributed by atoms with Crippen molar-refractivity contribution in [2.75, 3.05) is 13.7 Å². The molecule has 0 aliphatic heterocycles. The van der Waals surface area contributed by atoms with Gasteiger partial charge in [-0.05, 0) is 13.3 Å². The lowest BCUT2D eigenvalue weighted by molar-refractivity contribution is -0.142. The highest BCUT2D eigenvalue weighted by molar-refractivity contribution is 5.76. The predicted molar refractivity (Wildman–Crippen MR) is 52.5 cm³/mol. The Morgan fingerprint density at radius 1 is 1.50 bits per heavy atom. The van der Waals surface area contributed by atoms with E-state index in [4.69, 9.17) is 5.73 Å². The van der Waals surface area contributed by atoms with E-state index in [1.165, 1.54) is 7.11 Å². The molecule has 1 amide bonds. The monoisotopic (exact) mass is 202 g/mol. The summed E-state index contributed by atoms with van der Waals surface area (Å²) in [6, 6.07) is 0. The van der Waals surface area contributed by atoms with Crippen molar-refractivity contribution in [3.05, 3.63) is 0 Å². The van der Waals surface area contributed by atoms with Gasteiger partial charge in [-0.15, -0.1) is 0 Å². The van der Waals surface area contributed by atoms with Gasteiger partial charge >= 0.3 is 5.97 Å². The van der Waals surface area contributed by atoms with Crippen LogP contribution in [0.15, 0.2) is 0 Å². The van der Waals surface area contributed by atoms with Crippen LogP contribution in [0.2, 0.25) is 0 Å². The number of esters is 1. The van der Waals surface area contributed by atoms with Crippen LogP contribution in [0.4, 0.5) is 0 Å². The van der Waals surface area contributed by atoms with E-state index < -0.39 is 11.4 Å². The van der Waals surface area contributed by atoms with Crippen LogP contribution in [-0.4, -0.2) is 31.1 Å². The molecular formula is C9H18N2O3. The Morgan fingerprint density at radius 2 is 2.07 bits per heavy atom. The second kappa shape index (κ2) is 5.59. The molecule has 1 atom stereocenters. The Morgan fingerprint density at radius 3 is 2.43 bits per heavy atom. The summed E-state index contributed by atoms with van der Waals surface area (Å²) in [5.74, 6) is -0.735. The van der Waals surface area contributed by atoms with Crippen molar-refractivity contribution in [3.8, 4) is 0 Å². The number of amides is 1. The lowest BCUT2D eigenvalue weighted by Gasteiger charge is -2.27. The van der Waals surface area contributed by atoms with Crippen LogP contribution in [0.3, 0.4) is 0 Å². The SMILES string of the molecule is CC[C@](C)(CC(=O)OC)NCC(N)=O. The molecule has 0 radical (unpaired) electrons. The van der Waals surface area contributed by atoms with E-state index in [-0.39, 0.29) is 18.9 Å². The average Bonchev–Trinajstić information content (AvgIpc) is 2.14. The Hall–Kier alpha value is -1.10. The van der Waals surface area contributed by atoms with Crippen LogP contribution in [0.1, 0.15) is 26.7 Å². The summed E-state index contributed by atoms with van der Waals surface area (Å²) >= 11 is 0. The molecule has 14 heavy (non-hydrogen) atoms. The number of nitrogens with two attached hydrogens (primary N) is 1. The first kappa shape index (κ1) is 12.9. The third-order valence-corrected chi connectivity index (χ3v) is 2.23. The minimum Gasteiger partial charge on any atom is -0.469 e. The summed E-state index contributed by atoms with van der Waals surface area (Å²) in [5, 5.41) is 2.94. The topological polar surface area (TPSA) is 81.4 Å². The highest BCUT2D eigenvalue weighted by Crippen LogP contribution is 2.14. The van der Waals surface area contributed by atoms with Gasteiger partial charge < -0.3 is 15.8 Å². The van der Waals surface area contributed by atoms with Crippen molar-refractivity contribution in [2.45, 2.75) is 32.2 Å². The van der Waals surface area contributed by atoms with Crippen LogP contribution in [0.25, 0.3) is 0 Å². The van der Waals surface area contributed by atoms with Gasteiger partial charge in [0.2, 0.25) is 5.91 Å². The zero-order valence-corrected chi connectivity index (χ0v) is 8.92. The van der Waals surface area contributed by atoms with Gasteiger partial charge in [-0.1, -0.05) is 6.92 Å². The minimum atomic E-state index is -0.436. The standard InChI is InChI=1S/C9H18N2O3/c1-4-9(2,5-8(13)14-3)11-6-7(10)12/h11H,4-6H2,1-3H3,(H2,10,12)/t9-/m1/s1. The molecular weight excluding hydrogens is 184 g/mol. The molecule has 5 heteroatoms. The first-order chi connectivity index (χ1) is 6.43. The molecule has 0 bridgehead atoms. The van der Waals surface area contributed by atoms with Gasteiger partial charge in [-0.3, -0.25) is 9.59 Å². The van der Waals surface area contributed by atoms with Gasteiger partial charge in [0.1, 0.15) is 0 Å². The fourth-order valence-corrected chi connectivity index (χ4v) is 1.00. The van der Waals surface area contributed by atoms with Crippen molar-refractivity contribution in [2.24, 2.45) is 5.73 Å². The fourth-order valence-electron chi connectivity index (χ4n) is 1.00. The summed E-state index contributed by atoms with van der Waals surface area (Å²) in [4.78, 5) is 21.6. The second-order valence-electron chi connectivity index (χ2n) is 3.49. The number of methoxy groups -OCH3 is 1. The lowest BCUT2D eigenvalue weighted by Crippen LogP contribution is -2.47. The Kier molecular flexibility index (Phi) is 5.15. The molecule has 0 heterocycles. The van der Waals surface area contributed by atoms with Crippen molar-refractivity contribution < 1.29 is 14.3 Å². The van der Waals surface area contributed by atoms with E-state index in [1.807, 2.05) is 13.8 Å². The maximum atomic E-state index is 11.1. The molecule has 0 aromatic heterocycles. The normalized spacial score (nSPS) is 14.5. The first-order valence-electron chi connectivity index (χ1n) is 4.53. The van der Waals surface area contributed by atoms with Crippen LogP contribution < -0.4 is 11.1 Å². The van der Waals surface area contributed by atoms with E-state index in [1.54, 1.807) is 0 Å². The maximum Gasteiger partial charge on any atom is 0.307 e. The largest absolute Gasteiger partial charge is 0.469 e. The van der Waals surface area contributed by atoms with E-state index in [2.05, 4.69) is 10.1 Å². The Bertz CT molecular complexity index is 218. The fraction of sp³-hybridized carbons (Fsp3) is 0.778. The van der Waals surface area contributed by atoms with Crippen molar-refractivity contribution in [1.29, 1.82) is 0 Å². The predicted octanol–water partition coefficient (Wildman–Crippen LogP) is -0.207. The number of hydrogen-bond acceptors (Lipinski definition) is 4. The zero-order valence-electron chi connectivity index (χ0n) is 8.92. The maximum absolute atomic E-state index is 11.1. The molecule has 0 saturated heterocycles. The number of carbonyl (C=O) groups excluding carboxylic acids is 2. The molecule has 0 aliphatic rings. The third kappa shape index (κ3) is 4.81. The van der Waals surface area contributed by atoms with Gasteiger partial charge in [0.05, 0.1) is 20.1 Å². The molecule has 0 aromatic carbocycles. The molecule has 5 nitrogen and oxygen atoms in total. The summed E-state index contributed by atoms with van der Waals surface area (Å²) in [6.07, 6.45) is 0.947. The zero-order chi connectivity index (χ0) is 11.2. The Labute approximate surface area is 84.0 Å². The summed E-state index contributed by atoms with van der Waals surface area (Å²) in [6.45, 7) is 3.85. The molecule has 0 saturated carbocycles. The number of nitrogens with one attached hydrogen (secondary N) is 1. The van der Waals surface area contributed by atoms with Gasteiger partial charge in [0.25, 0.3) is 0 Å². The molecule has 82 valence electrons. The molecule has 0 fully saturated rings. The van der Waals surface area contributed by atoms with Crippen LogP contribution in [0.5, 0.6) is 0 Å².